The van der Waals surface area contributed by atoms with E-state index in [1.165, 1.54) is 28.1 Å². The van der Waals surface area contributed by atoms with Crippen LogP contribution in [0.4, 0.5) is 5.69 Å². The highest BCUT2D eigenvalue weighted by molar-refractivity contribution is 6.05. The van der Waals surface area contributed by atoms with E-state index in [1.807, 2.05) is 12.1 Å². The van der Waals surface area contributed by atoms with Crippen LogP contribution in [0.2, 0.25) is 0 Å². The number of ether oxygens (including phenoxy) is 1. The van der Waals surface area contributed by atoms with Gasteiger partial charge in [0.1, 0.15) is 5.75 Å². The lowest BCUT2D eigenvalue weighted by Crippen LogP contribution is -2.12. The molecule has 3 aromatic carbocycles. The summed E-state index contributed by atoms with van der Waals surface area (Å²) in [6.45, 7) is 6.79. The smallest absolute Gasteiger partial charge is 0.126 e. The quantitative estimate of drug-likeness (QED) is 0.480. The molecule has 0 saturated heterocycles. The maximum atomic E-state index is 5.56. The van der Waals surface area contributed by atoms with E-state index in [1.54, 1.807) is 7.11 Å². The Balaban J connectivity index is 1.81. The average Bonchev–Trinajstić information content (AvgIpc) is 2.73. The van der Waals surface area contributed by atoms with Crippen LogP contribution in [0.15, 0.2) is 71.7 Å². The highest BCUT2D eigenvalue weighted by Gasteiger charge is 2.23. The highest BCUT2D eigenvalue weighted by Crippen LogP contribution is 2.41. The highest BCUT2D eigenvalue weighted by atomic mass is 16.5. The predicted molar refractivity (Wildman–Crippen MR) is 118 cm³/mol. The first-order chi connectivity index (χ1) is 13.6. The Kier molecular flexibility index (Phi) is 5.04. The van der Waals surface area contributed by atoms with Crippen molar-refractivity contribution in [1.82, 2.24) is 0 Å². The summed E-state index contributed by atoms with van der Waals surface area (Å²) >= 11 is 0. The summed E-state index contributed by atoms with van der Waals surface area (Å²) in [4.78, 5) is 5.15. The largest absolute Gasteiger partial charge is 0.496 e. The Bertz CT molecular complexity index is 1030. The molecule has 3 aromatic rings. The van der Waals surface area contributed by atoms with E-state index >= 15 is 0 Å². The number of fused-ring (bicyclic) bond motifs is 1. The Labute approximate surface area is 167 Å². The molecule has 0 spiro atoms. The Morgan fingerprint density at radius 2 is 1.68 bits per heavy atom. The monoisotopic (exact) mass is 369 g/mol. The van der Waals surface area contributed by atoms with Gasteiger partial charge in [0, 0.05) is 11.3 Å². The second-order valence-electron chi connectivity index (χ2n) is 7.88. The maximum absolute atomic E-state index is 5.56. The van der Waals surface area contributed by atoms with Gasteiger partial charge < -0.3 is 4.74 Å². The number of hydrogen-bond acceptors (Lipinski definition) is 2. The first-order valence-corrected chi connectivity index (χ1v) is 10.0. The maximum Gasteiger partial charge on any atom is 0.126 e. The van der Waals surface area contributed by atoms with Gasteiger partial charge in [0.2, 0.25) is 0 Å². The molecule has 1 aliphatic heterocycles. The molecule has 1 atom stereocenters. The fraction of sp³-hybridized carbons (Fsp3) is 0.269. The van der Waals surface area contributed by atoms with Crippen molar-refractivity contribution < 1.29 is 4.74 Å². The molecule has 1 aliphatic rings. The predicted octanol–water partition coefficient (Wildman–Crippen LogP) is 7.11. The number of aliphatic imine (C=N–C) groups is 1. The van der Waals surface area contributed by atoms with Gasteiger partial charge >= 0.3 is 0 Å². The molecule has 2 heteroatoms. The van der Waals surface area contributed by atoms with Crippen molar-refractivity contribution in [2.24, 2.45) is 4.99 Å². The van der Waals surface area contributed by atoms with E-state index < -0.39 is 0 Å². The second-order valence-corrected chi connectivity index (χ2v) is 7.88. The number of hydrogen-bond donors (Lipinski definition) is 0. The third-order valence-corrected chi connectivity index (χ3v) is 5.61. The zero-order valence-electron chi connectivity index (χ0n) is 17.1. The van der Waals surface area contributed by atoms with E-state index in [0.29, 0.717) is 11.8 Å². The fourth-order valence-electron chi connectivity index (χ4n) is 4.08. The minimum atomic E-state index is 0.463. The number of methoxy groups -OCH3 is 1. The lowest BCUT2D eigenvalue weighted by Gasteiger charge is -2.25. The molecule has 0 radical (unpaired) electrons. The molecule has 0 saturated carbocycles. The van der Waals surface area contributed by atoms with Crippen LogP contribution in [0.1, 0.15) is 55.7 Å². The van der Waals surface area contributed by atoms with Crippen LogP contribution < -0.4 is 4.74 Å². The molecule has 1 unspecified atom stereocenters. The van der Waals surface area contributed by atoms with Crippen LogP contribution in [-0.4, -0.2) is 12.8 Å². The lowest BCUT2D eigenvalue weighted by molar-refractivity contribution is 0.416. The zero-order chi connectivity index (χ0) is 19.7. The van der Waals surface area contributed by atoms with E-state index in [9.17, 15) is 0 Å². The minimum Gasteiger partial charge on any atom is -0.496 e. The van der Waals surface area contributed by atoms with Gasteiger partial charge in [0.25, 0.3) is 0 Å². The molecular formula is C26H27NO. The van der Waals surface area contributed by atoms with Crippen LogP contribution in [0, 0.1) is 0 Å². The van der Waals surface area contributed by atoms with E-state index in [2.05, 4.69) is 75.4 Å². The van der Waals surface area contributed by atoms with Crippen molar-refractivity contribution in [2.45, 2.75) is 39.0 Å². The van der Waals surface area contributed by atoms with Crippen molar-refractivity contribution in [3.8, 4) is 16.9 Å². The number of para-hydroxylation sites is 2. The van der Waals surface area contributed by atoms with Crippen LogP contribution in [0.5, 0.6) is 5.75 Å². The van der Waals surface area contributed by atoms with Gasteiger partial charge in [0.05, 0.1) is 12.8 Å². The minimum absolute atomic E-state index is 0.463. The second kappa shape index (κ2) is 7.63. The number of benzene rings is 3. The summed E-state index contributed by atoms with van der Waals surface area (Å²) in [5.41, 5.74) is 8.52. The third kappa shape index (κ3) is 3.35. The molecule has 2 nitrogen and oxygen atoms in total. The van der Waals surface area contributed by atoms with Crippen LogP contribution in [0.25, 0.3) is 11.1 Å². The van der Waals surface area contributed by atoms with Gasteiger partial charge in [-0.15, -0.1) is 0 Å². The van der Waals surface area contributed by atoms with E-state index in [0.717, 1.165) is 23.3 Å². The standard InChI is InChI=1S/C26H27NO/c1-17(2)21-12-8-13-22-18(3)15-24(27-26(21)22)20-10-7-9-19(16-20)23-11-5-6-14-25(23)28-4/h5-14,16-18H,15H2,1-4H3. The number of rotatable bonds is 4. The van der Waals surface area contributed by atoms with E-state index in [4.69, 9.17) is 9.73 Å². The number of nitrogens with zero attached hydrogens (tertiary/aromatic N) is 1. The average molecular weight is 370 g/mol. The fourth-order valence-corrected chi connectivity index (χ4v) is 4.08. The summed E-state index contributed by atoms with van der Waals surface area (Å²) < 4.78 is 5.56. The van der Waals surface area contributed by atoms with Crippen LogP contribution in [-0.2, 0) is 0 Å². The molecule has 1 heterocycles. The molecule has 0 aliphatic carbocycles. The molecule has 0 aromatic heterocycles. The van der Waals surface area contributed by atoms with Gasteiger partial charge in [-0.2, -0.15) is 0 Å². The van der Waals surface area contributed by atoms with Gasteiger partial charge in [-0.05, 0) is 52.6 Å². The molecule has 28 heavy (non-hydrogen) atoms. The molecule has 0 bridgehead atoms. The van der Waals surface area contributed by atoms with E-state index in [-0.39, 0.29) is 0 Å². The molecule has 0 fully saturated rings. The van der Waals surface area contributed by atoms with Gasteiger partial charge in [-0.1, -0.05) is 75.4 Å². The van der Waals surface area contributed by atoms with Gasteiger partial charge in [-0.25, -0.2) is 0 Å². The molecular weight excluding hydrogens is 342 g/mol. The zero-order valence-corrected chi connectivity index (χ0v) is 17.1. The Morgan fingerprint density at radius 1 is 0.929 bits per heavy atom. The summed E-state index contributed by atoms with van der Waals surface area (Å²) in [5, 5.41) is 0. The Hall–Kier alpha value is -2.87. The normalized spacial score (nSPS) is 15.9. The van der Waals surface area contributed by atoms with Crippen LogP contribution in [0.3, 0.4) is 0 Å². The summed E-state index contributed by atoms with van der Waals surface area (Å²) in [6.07, 6.45) is 0.962. The molecule has 0 N–H and O–H groups in total. The summed E-state index contributed by atoms with van der Waals surface area (Å²) in [5.74, 6) is 1.83. The first kappa shape index (κ1) is 18.5. The summed E-state index contributed by atoms with van der Waals surface area (Å²) in [6, 6.07) is 23.5. The van der Waals surface area contributed by atoms with Crippen molar-refractivity contribution in [3.05, 3.63) is 83.4 Å². The Morgan fingerprint density at radius 3 is 2.46 bits per heavy atom. The first-order valence-electron chi connectivity index (χ1n) is 10.0. The molecule has 142 valence electrons. The molecule has 4 rings (SSSR count). The van der Waals surface area contributed by atoms with Crippen molar-refractivity contribution >= 4 is 11.4 Å². The van der Waals surface area contributed by atoms with Gasteiger partial charge in [-0.3, -0.25) is 4.99 Å². The third-order valence-electron chi connectivity index (χ3n) is 5.61. The van der Waals surface area contributed by atoms with Crippen molar-refractivity contribution in [2.75, 3.05) is 7.11 Å². The van der Waals surface area contributed by atoms with Crippen molar-refractivity contribution in [3.63, 3.8) is 0 Å². The summed E-state index contributed by atoms with van der Waals surface area (Å²) in [7, 11) is 1.72. The SMILES string of the molecule is COc1ccccc1-c1cccc(C2=Nc3c(C(C)C)cccc3C(C)C2)c1. The van der Waals surface area contributed by atoms with Gasteiger partial charge in [0.15, 0.2) is 0 Å². The van der Waals surface area contributed by atoms with Crippen molar-refractivity contribution in [1.29, 1.82) is 0 Å². The van der Waals surface area contributed by atoms with Crippen LogP contribution >= 0.6 is 0 Å². The lowest BCUT2D eigenvalue weighted by atomic mass is 9.85. The topological polar surface area (TPSA) is 21.6 Å². The molecule has 0 amide bonds.